The SMILES string of the molecule is Cc1c(-c2cc(COc3ccc(C(=O)NCC(C(=O)O)N4CCOC(C)C4)cc3)ccn2)cc(F)c(F)c1F. The third kappa shape index (κ3) is 6.73. The van der Waals surface area contributed by atoms with E-state index in [1.807, 2.05) is 6.92 Å². The Kier molecular flexibility index (Phi) is 8.82. The van der Waals surface area contributed by atoms with E-state index in [0.717, 1.165) is 6.07 Å². The van der Waals surface area contributed by atoms with E-state index in [1.54, 1.807) is 41.3 Å². The molecule has 1 aliphatic rings. The molecule has 39 heavy (non-hydrogen) atoms. The van der Waals surface area contributed by atoms with E-state index < -0.39 is 35.4 Å². The van der Waals surface area contributed by atoms with Crippen molar-refractivity contribution in [3.05, 3.63) is 82.8 Å². The summed E-state index contributed by atoms with van der Waals surface area (Å²) in [6, 6.07) is 9.63. The highest BCUT2D eigenvalue weighted by atomic mass is 19.2. The summed E-state index contributed by atoms with van der Waals surface area (Å²) < 4.78 is 52.5. The van der Waals surface area contributed by atoms with E-state index >= 15 is 0 Å². The molecular weight excluding hydrogens is 515 g/mol. The van der Waals surface area contributed by atoms with Gasteiger partial charge in [-0.3, -0.25) is 19.5 Å². The standard InChI is InChI=1S/C28H28F3N3O5/c1-16-14-34(9-10-38-16)24(28(36)37)13-33-27(35)19-3-5-20(6-4-19)39-15-18-7-8-32-23(11-18)21-12-22(29)26(31)25(30)17(21)2/h3-8,11-12,16,24H,9-10,13-15H2,1-2H3,(H,33,35)(H,36,37). The zero-order valence-corrected chi connectivity index (χ0v) is 21.4. The molecule has 0 spiro atoms. The number of aromatic nitrogens is 1. The molecule has 1 saturated heterocycles. The molecule has 2 atom stereocenters. The lowest BCUT2D eigenvalue weighted by atomic mass is 10.0. The molecule has 1 amide bonds. The van der Waals surface area contributed by atoms with E-state index in [4.69, 9.17) is 9.47 Å². The number of hydrogen-bond acceptors (Lipinski definition) is 6. The molecule has 4 rings (SSSR count). The van der Waals surface area contributed by atoms with Crippen molar-refractivity contribution in [1.82, 2.24) is 15.2 Å². The van der Waals surface area contributed by atoms with Crippen molar-refractivity contribution in [3.63, 3.8) is 0 Å². The van der Waals surface area contributed by atoms with Crippen molar-refractivity contribution in [2.24, 2.45) is 0 Å². The lowest BCUT2D eigenvalue weighted by Crippen LogP contribution is -2.54. The Morgan fingerprint density at radius 2 is 1.92 bits per heavy atom. The number of carboxylic acids is 1. The lowest BCUT2D eigenvalue weighted by molar-refractivity contribution is -0.146. The highest BCUT2D eigenvalue weighted by Gasteiger charge is 2.30. The first kappa shape index (κ1) is 28.1. The minimum Gasteiger partial charge on any atom is -0.489 e. The number of carbonyl (C=O) groups excluding carboxylic acids is 1. The molecule has 8 nitrogen and oxygen atoms in total. The number of benzene rings is 2. The van der Waals surface area contributed by atoms with E-state index in [0.29, 0.717) is 36.6 Å². The first-order valence-corrected chi connectivity index (χ1v) is 12.3. The zero-order chi connectivity index (χ0) is 28.1. The molecule has 11 heteroatoms. The molecule has 0 saturated carbocycles. The Hall–Kier alpha value is -3.96. The van der Waals surface area contributed by atoms with E-state index in [-0.39, 0.29) is 36.1 Å². The average molecular weight is 544 g/mol. The average Bonchev–Trinajstić information content (AvgIpc) is 2.93. The maximum Gasteiger partial charge on any atom is 0.322 e. The molecule has 2 unspecified atom stereocenters. The van der Waals surface area contributed by atoms with Gasteiger partial charge in [-0.25, -0.2) is 13.2 Å². The maximum absolute atomic E-state index is 14.0. The van der Waals surface area contributed by atoms with Gasteiger partial charge in [0.1, 0.15) is 18.4 Å². The number of amides is 1. The molecule has 2 N–H and O–H groups in total. The van der Waals surface area contributed by atoms with Crippen LogP contribution in [0.5, 0.6) is 5.75 Å². The second-order valence-electron chi connectivity index (χ2n) is 9.26. The van der Waals surface area contributed by atoms with Gasteiger partial charge in [-0.2, -0.15) is 0 Å². The minimum atomic E-state index is -1.53. The molecule has 0 bridgehead atoms. The Labute approximate surface area is 223 Å². The number of aliphatic carboxylic acids is 1. The fourth-order valence-electron chi connectivity index (χ4n) is 4.33. The van der Waals surface area contributed by atoms with Crippen molar-refractivity contribution in [1.29, 1.82) is 0 Å². The summed E-state index contributed by atoms with van der Waals surface area (Å²) in [5.41, 5.74) is 1.34. The summed E-state index contributed by atoms with van der Waals surface area (Å²) in [5, 5.41) is 12.3. The molecule has 0 aliphatic carbocycles. The number of carbonyl (C=O) groups is 2. The monoisotopic (exact) mass is 543 g/mol. The first-order valence-electron chi connectivity index (χ1n) is 12.3. The minimum absolute atomic E-state index is 0.0508. The van der Waals surface area contributed by atoms with Crippen LogP contribution >= 0.6 is 0 Å². The number of nitrogens with one attached hydrogen (secondary N) is 1. The van der Waals surface area contributed by atoms with Crippen LogP contribution < -0.4 is 10.1 Å². The van der Waals surface area contributed by atoms with Gasteiger partial charge in [0.25, 0.3) is 5.91 Å². The molecule has 3 aromatic rings. The Morgan fingerprint density at radius 3 is 2.62 bits per heavy atom. The van der Waals surface area contributed by atoms with Crippen molar-refractivity contribution in [2.45, 2.75) is 32.6 Å². The topological polar surface area (TPSA) is 101 Å². The van der Waals surface area contributed by atoms with Gasteiger partial charge in [0.15, 0.2) is 17.5 Å². The van der Waals surface area contributed by atoms with Gasteiger partial charge in [-0.1, -0.05) is 0 Å². The van der Waals surface area contributed by atoms with Gasteiger partial charge in [-0.05, 0) is 67.4 Å². The number of ether oxygens (including phenoxy) is 2. The normalized spacial score (nSPS) is 16.5. The number of hydrogen-bond donors (Lipinski definition) is 2. The van der Waals surface area contributed by atoms with Gasteiger partial charge < -0.3 is 19.9 Å². The molecule has 2 heterocycles. The molecule has 1 fully saturated rings. The smallest absolute Gasteiger partial charge is 0.322 e. The predicted octanol–water partition coefficient (Wildman–Crippen LogP) is 3.96. The Morgan fingerprint density at radius 1 is 1.18 bits per heavy atom. The van der Waals surface area contributed by atoms with Gasteiger partial charge in [-0.15, -0.1) is 0 Å². The van der Waals surface area contributed by atoms with Gasteiger partial charge >= 0.3 is 5.97 Å². The second kappa shape index (κ2) is 12.3. The molecule has 0 radical (unpaired) electrons. The highest BCUT2D eigenvalue weighted by Crippen LogP contribution is 2.28. The highest BCUT2D eigenvalue weighted by molar-refractivity contribution is 5.94. The number of rotatable bonds is 9. The van der Waals surface area contributed by atoms with E-state index in [1.165, 1.54) is 13.1 Å². The van der Waals surface area contributed by atoms with Crippen molar-refractivity contribution in [2.75, 3.05) is 26.2 Å². The van der Waals surface area contributed by atoms with Crippen LogP contribution in [0.4, 0.5) is 13.2 Å². The number of nitrogens with zero attached hydrogens (tertiary/aromatic N) is 2. The van der Waals surface area contributed by atoms with Crippen LogP contribution in [0.25, 0.3) is 11.3 Å². The molecule has 206 valence electrons. The molecular formula is C28H28F3N3O5. The van der Waals surface area contributed by atoms with Crippen molar-refractivity contribution in [3.8, 4) is 17.0 Å². The van der Waals surface area contributed by atoms with Crippen molar-refractivity contribution >= 4 is 11.9 Å². The summed E-state index contributed by atoms with van der Waals surface area (Å²) in [7, 11) is 0. The molecule has 1 aliphatic heterocycles. The van der Waals surface area contributed by atoms with Gasteiger partial charge in [0.2, 0.25) is 0 Å². The summed E-state index contributed by atoms with van der Waals surface area (Å²) in [6.07, 6.45) is 1.38. The summed E-state index contributed by atoms with van der Waals surface area (Å²) >= 11 is 0. The van der Waals surface area contributed by atoms with Gasteiger partial charge in [0.05, 0.1) is 18.4 Å². The van der Waals surface area contributed by atoms with Crippen LogP contribution in [-0.4, -0.2) is 65.3 Å². The number of halogens is 3. The third-order valence-corrected chi connectivity index (χ3v) is 6.48. The number of pyridine rings is 1. The van der Waals surface area contributed by atoms with Crippen LogP contribution in [-0.2, 0) is 16.1 Å². The number of morpholine rings is 1. The Bertz CT molecular complexity index is 1350. The van der Waals surface area contributed by atoms with E-state index in [9.17, 15) is 27.9 Å². The predicted molar refractivity (Wildman–Crippen MR) is 136 cm³/mol. The van der Waals surface area contributed by atoms with Crippen LogP contribution in [0.15, 0.2) is 48.7 Å². The second-order valence-corrected chi connectivity index (χ2v) is 9.26. The maximum atomic E-state index is 14.0. The first-order chi connectivity index (χ1) is 18.6. The fraction of sp³-hybridized carbons (Fsp3) is 0.321. The third-order valence-electron chi connectivity index (χ3n) is 6.48. The fourth-order valence-corrected chi connectivity index (χ4v) is 4.33. The number of carboxylic acid groups (broad SMARTS) is 1. The largest absolute Gasteiger partial charge is 0.489 e. The zero-order valence-electron chi connectivity index (χ0n) is 21.4. The quantitative estimate of drug-likeness (QED) is 0.394. The summed E-state index contributed by atoms with van der Waals surface area (Å²) in [6.45, 7) is 4.64. The molecule has 2 aromatic carbocycles. The lowest BCUT2D eigenvalue weighted by Gasteiger charge is -2.35. The summed E-state index contributed by atoms with van der Waals surface area (Å²) in [5.74, 6) is -5.05. The summed E-state index contributed by atoms with van der Waals surface area (Å²) in [4.78, 5) is 30.3. The Balaban J connectivity index is 1.35. The van der Waals surface area contributed by atoms with E-state index in [2.05, 4.69) is 10.3 Å². The van der Waals surface area contributed by atoms with Crippen LogP contribution in [0.1, 0.15) is 28.4 Å². The van der Waals surface area contributed by atoms with Crippen LogP contribution in [0.2, 0.25) is 0 Å². The van der Waals surface area contributed by atoms with Crippen LogP contribution in [0, 0.1) is 24.4 Å². The van der Waals surface area contributed by atoms with Crippen LogP contribution in [0.3, 0.4) is 0 Å². The molecule has 1 aromatic heterocycles. The van der Waals surface area contributed by atoms with Gasteiger partial charge in [0, 0.05) is 37.0 Å². The van der Waals surface area contributed by atoms with Crippen molar-refractivity contribution < 1.29 is 37.3 Å².